The Morgan fingerprint density at radius 3 is 2.33 bits per heavy atom. The largest absolute Gasteiger partial charge is 0.112 e. The average Bonchev–Trinajstić information content (AvgIpc) is 1.31. The molecule has 0 radical (unpaired) electrons. The molecule has 36 valence electrons. The zero-order chi connectivity index (χ0) is 4.41. The Kier molecular flexibility index (Phi) is 2.14. The van der Waals surface area contributed by atoms with E-state index < -0.39 is 0 Å². The number of hydrogen-bond donors (Lipinski definition) is 0. The summed E-state index contributed by atoms with van der Waals surface area (Å²) in [5.74, 6) is 0. The minimum absolute atomic E-state index is 0.961. The van der Waals surface area contributed by atoms with Crippen molar-refractivity contribution in [3.63, 3.8) is 0 Å². The Balaban J connectivity index is 2.01. The van der Waals surface area contributed by atoms with Crippen LogP contribution in [0.4, 0.5) is 0 Å². The van der Waals surface area contributed by atoms with Gasteiger partial charge in [-0.3, -0.25) is 0 Å². The lowest BCUT2D eigenvalue weighted by atomic mass is 10.6. The molecular weight excluding hydrogens is 131 g/mol. The predicted octanol–water partition coefficient (Wildman–Crippen LogP) is 2.71. The molecule has 1 rings (SSSR count). The van der Waals surface area contributed by atoms with Crippen molar-refractivity contribution in [2.24, 2.45) is 0 Å². The molecule has 3 heteroatoms. The highest BCUT2D eigenvalue weighted by atomic mass is 33.1. The fourth-order valence-electron chi connectivity index (χ4n) is 0.283. The molecule has 0 bridgehead atoms. The van der Waals surface area contributed by atoms with Crippen LogP contribution in [0.5, 0.6) is 0 Å². The van der Waals surface area contributed by atoms with Crippen molar-refractivity contribution in [1.82, 2.24) is 0 Å². The van der Waals surface area contributed by atoms with Crippen molar-refractivity contribution in [2.75, 3.05) is 0 Å². The third kappa shape index (κ3) is 1.05. The monoisotopic (exact) mass is 138 g/mol. The molecule has 0 aromatic rings. The topological polar surface area (TPSA) is 0 Å². The second kappa shape index (κ2) is 2.44. The molecule has 0 amide bonds. The van der Waals surface area contributed by atoms with Crippen molar-refractivity contribution in [3.05, 3.63) is 0 Å². The van der Waals surface area contributed by atoms with Crippen LogP contribution >= 0.6 is 29.7 Å². The first-order valence-corrected chi connectivity index (χ1v) is 6.20. The molecule has 6 heavy (non-hydrogen) atoms. The van der Waals surface area contributed by atoms with Crippen molar-refractivity contribution < 1.29 is 0 Å². The maximum absolute atomic E-state index is 2.24. The summed E-state index contributed by atoms with van der Waals surface area (Å²) >= 11 is 4.19. The SMILES string of the molecule is CCC1SPS1. The van der Waals surface area contributed by atoms with Crippen LogP contribution in [0.3, 0.4) is 0 Å². The summed E-state index contributed by atoms with van der Waals surface area (Å²) in [6.45, 7) is 3.39. The molecule has 0 saturated carbocycles. The first-order valence-electron chi connectivity index (χ1n) is 2.00. The van der Waals surface area contributed by atoms with E-state index in [1.165, 1.54) is 6.42 Å². The smallest absolute Gasteiger partial charge is 0.0594 e. The summed E-state index contributed by atoms with van der Waals surface area (Å²) in [7, 11) is 0. The van der Waals surface area contributed by atoms with Gasteiger partial charge >= 0.3 is 0 Å². The highest BCUT2D eigenvalue weighted by Crippen LogP contribution is 2.63. The molecule has 0 N–H and O–H groups in total. The van der Waals surface area contributed by atoms with Gasteiger partial charge in [0, 0.05) is 6.98 Å². The average molecular weight is 138 g/mol. The van der Waals surface area contributed by atoms with Gasteiger partial charge in [0.25, 0.3) is 0 Å². The van der Waals surface area contributed by atoms with Gasteiger partial charge in [-0.05, 0) is 6.42 Å². The van der Waals surface area contributed by atoms with Gasteiger partial charge in [-0.1, -0.05) is 6.92 Å². The Labute approximate surface area is 48.1 Å². The quantitative estimate of drug-likeness (QED) is 0.511. The van der Waals surface area contributed by atoms with Crippen LogP contribution in [0.25, 0.3) is 0 Å². The maximum Gasteiger partial charge on any atom is 0.0594 e. The lowest BCUT2D eigenvalue weighted by molar-refractivity contribution is 1.06. The standard InChI is InChI=1S/C3H7PS2/c1-2-3-5-4-6-3/h3-4H,2H2,1H3. The van der Waals surface area contributed by atoms with Gasteiger partial charge in [0.05, 0.1) is 4.58 Å². The lowest BCUT2D eigenvalue weighted by Gasteiger charge is -2.21. The van der Waals surface area contributed by atoms with Gasteiger partial charge in [-0.2, -0.15) is 0 Å². The summed E-state index contributed by atoms with van der Waals surface area (Å²) in [6.07, 6.45) is 1.35. The molecular formula is C3H7PS2. The third-order valence-corrected chi connectivity index (χ3v) is 7.70. The van der Waals surface area contributed by atoms with E-state index in [-0.39, 0.29) is 0 Å². The summed E-state index contributed by atoms with van der Waals surface area (Å²) in [4.78, 5) is 0. The minimum Gasteiger partial charge on any atom is -0.112 e. The first-order chi connectivity index (χ1) is 2.93. The van der Waals surface area contributed by atoms with E-state index in [4.69, 9.17) is 0 Å². The minimum atomic E-state index is 0.961. The summed E-state index contributed by atoms with van der Waals surface area (Å²) in [6, 6.07) is 0. The molecule has 1 aliphatic heterocycles. The van der Waals surface area contributed by atoms with Crippen molar-refractivity contribution in [2.45, 2.75) is 17.9 Å². The van der Waals surface area contributed by atoms with E-state index in [9.17, 15) is 0 Å². The molecule has 0 aliphatic carbocycles. The zero-order valence-electron chi connectivity index (χ0n) is 3.60. The Hall–Kier alpha value is 1.13. The molecule has 0 spiro atoms. The fraction of sp³-hybridized carbons (Fsp3) is 1.00. The summed E-state index contributed by atoms with van der Waals surface area (Å²) in [5.41, 5.74) is 0. The predicted molar refractivity (Wildman–Crippen MR) is 37.6 cm³/mol. The maximum atomic E-state index is 2.24. The van der Waals surface area contributed by atoms with Gasteiger partial charge in [-0.15, -0.1) is 22.8 Å². The molecule has 0 aromatic carbocycles. The van der Waals surface area contributed by atoms with Gasteiger partial charge < -0.3 is 0 Å². The molecule has 0 unspecified atom stereocenters. The summed E-state index contributed by atoms with van der Waals surface area (Å²) < 4.78 is 0.961. The van der Waals surface area contributed by atoms with Crippen molar-refractivity contribution in [3.8, 4) is 0 Å². The molecule has 1 heterocycles. The van der Waals surface area contributed by atoms with E-state index in [1.54, 1.807) is 0 Å². The zero-order valence-corrected chi connectivity index (χ0v) is 6.23. The normalized spacial score (nSPS) is 36.5. The van der Waals surface area contributed by atoms with E-state index in [0.717, 1.165) is 11.6 Å². The number of hydrogen-bond acceptors (Lipinski definition) is 2. The van der Waals surface area contributed by atoms with Crippen LogP contribution in [0, 0.1) is 0 Å². The molecule has 0 atom stereocenters. The van der Waals surface area contributed by atoms with Crippen LogP contribution < -0.4 is 0 Å². The van der Waals surface area contributed by atoms with Crippen molar-refractivity contribution >= 4 is 29.7 Å². The molecule has 1 saturated heterocycles. The second-order valence-electron chi connectivity index (χ2n) is 1.16. The van der Waals surface area contributed by atoms with Crippen molar-refractivity contribution in [1.29, 1.82) is 0 Å². The van der Waals surface area contributed by atoms with Crippen LogP contribution in [0.1, 0.15) is 13.3 Å². The Morgan fingerprint density at radius 1 is 1.67 bits per heavy atom. The highest BCUT2D eigenvalue weighted by molar-refractivity contribution is 8.92. The van der Waals surface area contributed by atoms with Gasteiger partial charge in [0.15, 0.2) is 0 Å². The Morgan fingerprint density at radius 2 is 2.33 bits per heavy atom. The van der Waals surface area contributed by atoms with Gasteiger partial charge in [0.1, 0.15) is 0 Å². The van der Waals surface area contributed by atoms with Gasteiger partial charge in [0.2, 0.25) is 0 Å². The highest BCUT2D eigenvalue weighted by Gasteiger charge is 2.15. The van der Waals surface area contributed by atoms with Gasteiger partial charge in [-0.25, -0.2) is 0 Å². The third-order valence-electron chi connectivity index (χ3n) is 0.692. The lowest BCUT2D eigenvalue weighted by Crippen LogP contribution is -1.92. The van der Waals surface area contributed by atoms with E-state index >= 15 is 0 Å². The second-order valence-corrected chi connectivity index (χ2v) is 6.65. The molecule has 1 fully saturated rings. The molecule has 0 nitrogen and oxygen atoms in total. The summed E-state index contributed by atoms with van der Waals surface area (Å²) in [5, 5.41) is 0. The molecule has 0 aromatic heterocycles. The van der Waals surface area contributed by atoms with E-state index in [0.29, 0.717) is 0 Å². The first kappa shape index (κ1) is 5.27. The molecule has 1 aliphatic rings. The Bertz CT molecular complexity index is 41.3. The van der Waals surface area contributed by atoms with Crippen LogP contribution in [0.2, 0.25) is 0 Å². The van der Waals surface area contributed by atoms with Crippen LogP contribution in [0.15, 0.2) is 0 Å². The van der Waals surface area contributed by atoms with E-state index in [2.05, 4.69) is 29.7 Å². The van der Waals surface area contributed by atoms with Crippen LogP contribution in [-0.4, -0.2) is 4.58 Å². The van der Waals surface area contributed by atoms with Crippen LogP contribution in [-0.2, 0) is 0 Å². The van der Waals surface area contributed by atoms with E-state index in [1.807, 2.05) is 0 Å². The fourth-order valence-corrected chi connectivity index (χ4v) is 4.64. The number of rotatable bonds is 1.